The molecule has 29 heteroatoms. The zero-order valence-electron chi connectivity index (χ0n) is 98.9. The van der Waals surface area contributed by atoms with Crippen molar-refractivity contribution in [3.8, 4) is 0 Å². The van der Waals surface area contributed by atoms with Crippen LogP contribution in [0.15, 0.2) is 0 Å². The van der Waals surface area contributed by atoms with Gasteiger partial charge in [-0.2, -0.15) is 0 Å². The van der Waals surface area contributed by atoms with Gasteiger partial charge in [0.15, 0.2) is 0 Å². The number of piperazine rings is 3. The van der Waals surface area contributed by atoms with Gasteiger partial charge in [0.05, 0.1) is 67.5 Å². The number of morpholine rings is 1. The first-order valence-corrected chi connectivity index (χ1v) is 57.5. The first-order chi connectivity index (χ1) is 66.3. The molecule has 15 aliphatic rings. The topological polar surface area (TPSA) is 253 Å². The van der Waals surface area contributed by atoms with E-state index < -0.39 is 23.8 Å². The first kappa shape index (κ1) is 137. The summed E-state index contributed by atoms with van der Waals surface area (Å²) in [6.45, 7) is 114. The van der Waals surface area contributed by atoms with Gasteiger partial charge in [0, 0.05) is 288 Å². The van der Waals surface area contributed by atoms with Crippen LogP contribution in [0.4, 0.5) is 0 Å². The van der Waals surface area contributed by atoms with Gasteiger partial charge >= 0.3 is 5.97 Å². The van der Waals surface area contributed by atoms with Crippen LogP contribution in [-0.2, 0) is 19.0 Å². The summed E-state index contributed by atoms with van der Waals surface area (Å²) in [4.78, 5) is 51.6. The Morgan fingerprint density at radius 1 is 0.305 bits per heavy atom. The van der Waals surface area contributed by atoms with E-state index in [4.69, 9.17) is 39.7 Å². The highest BCUT2D eigenvalue weighted by atomic mass is 16.5. The zero-order chi connectivity index (χ0) is 107. The minimum atomic E-state index is -0.626. The Balaban J connectivity index is 0.000000756. The first-order valence-electron chi connectivity index (χ1n) is 57.5. The van der Waals surface area contributed by atoms with Gasteiger partial charge in [-0.25, -0.2) is 0 Å². The molecule has 15 fully saturated rings. The van der Waals surface area contributed by atoms with Gasteiger partial charge in [-0.3, -0.25) is 48.9 Å². The minimum Gasteiger partial charge on any atom is -0.481 e. The van der Waals surface area contributed by atoms with Crippen molar-refractivity contribution in [2.24, 2.45) is 5.92 Å². The number of hydrogen-bond acceptors (Lipinski definition) is 28. The van der Waals surface area contributed by atoms with Crippen LogP contribution < -0.4 is 5.32 Å². The number of likely N-dealkylation sites (tertiary alicyclic amines) is 11. The molecule has 8 N–H and O–H groups in total. The Morgan fingerprint density at radius 2 is 0.582 bits per heavy atom. The van der Waals surface area contributed by atoms with Crippen molar-refractivity contribution >= 4 is 5.97 Å². The van der Waals surface area contributed by atoms with Crippen LogP contribution in [0, 0.1) is 5.92 Å². The van der Waals surface area contributed by atoms with Crippen LogP contribution in [0.25, 0.3) is 0 Å². The number of ether oxygens (including phenoxy) is 3. The van der Waals surface area contributed by atoms with Crippen LogP contribution in [-0.4, -0.2) is 541 Å². The monoisotopic (exact) mass is 2010 g/mol. The average Bonchev–Trinajstić information content (AvgIpc) is 1.16. The molecule has 15 rings (SSSR count). The number of nitrogens with one attached hydrogen (secondary N) is 1. The summed E-state index contributed by atoms with van der Waals surface area (Å²) >= 11 is 0. The Labute approximate surface area is 871 Å². The van der Waals surface area contributed by atoms with Crippen LogP contribution in [0.2, 0.25) is 0 Å². The summed E-state index contributed by atoms with van der Waals surface area (Å²) in [6, 6.07) is 10.0. The molecular formula is C112H240N18O11. The van der Waals surface area contributed by atoms with Gasteiger partial charge in [0.1, 0.15) is 0 Å². The fourth-order valence-corrected chi connectivity index (χ4v) is 19.1. The third kappa shape index (κ3) is 62.8. The Hall–Kier alpha value is -1.61. The molecule has 844 valence electrons. The molecular weight excluding hydrogens is 1770 g/mol. The van der Waals surface area contributed by atoms with E-state index in [1.165, 1.54) is 176 Å². The lowest BCUT2D eigenvalue weighted by atomic mass is 9.95. The number of β-amino-alcohol motifs (C(OH)–C–C–N with tert-alkyl or cyclic N) is 5. The van der Waals surface area contributed by atoms with Gasteiger partial charge in [-0.05, 0) is 358 Å². The summed E-state index contributed by atoms with van der Waals surface area (Å²) in [5.74, 6) is -0.724. The maximum Gasteiger partial charge on any atom is 0.306 e. The number of aliphatic hydroxyl groups excluding tert-OH is 5. The molecule has 0 aromatic heterocycles. The SMILES string of the molecule is CC(C)N1CC(C)(O)C1.CC(C)N1CC(O)C(O)C1.CC(C)N1CC(O)C1.CC(C)N1CCC(C(=O)O)CC1.CC(C)N1CCC(O)C1.CC(C)N1CCC(O)CC1.CC(C)N1CCC1.CC(C)N1CCCC1.CC(C)N1CCCCC1.CC(C)N1CCN(C)CC1.CC(C)N1CCNCC1.CC(C)N1CCOCC1.CCN1CCN(C(C)C)CC1.COC1CCN(C(C)C)CC1.COC1CN(C(C)C)C1. The molecule has 0 saturated carbocycles. The number of hydrogen-bond donors (Lipinski definition) is 8. The molecule has 0 amide bonds. The summed E-state index contributed by atoms with van der Waals surface area (Å²) in [5, 5.41) is 66.7. The van der Waals surface area contributed by atoms with Gasteiger partial charge in [-0.15, -0.1) is 0 Å². The van der Waals surface area contributed by atoms with Crippen molar-refractivity contribution in [1.29, 1.82) is 0 Å². The quantitative estimate of drug-likeness (QED) is 0.0598. The molecule has 0 bridgehead atoms. The molecule has 0 radical (unpaired) electrons. The van der Waals surface area contributed by atoms with Crippen LogP contribution in [0.5, 0.6) is 0 Å². The maximum absolute atomic E-state index is 10.6. The summed E-state index contributed by atoms with van der Waals surface area (Å²) < 4.78 is 15.6. The summed E-state index contributed by atoms with van der Waals surface area (Å²) in [6.07, 6.45) is 15.2. The van der Waals surface area contributed by atoms with Crippen molar-refractivity contribution in [3.05, 3.63) is 0 Å². The van der Waals surface area contributed by atoms with E-state index in [0.717, 1.165) is 186 Å². The third-order valence-electron chi connectivity index (χ3n) is 30.8. The number of aliphatic carboxylic acids is 1. The fourth-order valence-electron chi connectivity index (χ4n) is 19.1. The summed E-state index contributed by atoms with van der Waals surface area (Å²) in [7, 11) is 5.79. The van der Waals surface area contributed by atoms with Gasteiger partial charge in [-0.1, -0.05) is 13.3 Å². The smallest absolute Gasteiger partial charge is 0.306 e. The molecule has 15 heterocycles. The lowest BCUT2D eigenvalue weighted by Crippen LogP contribution is -2.61. The highest BCUT2D eigenvalue weighted by Gasteiger charge is 2.38. The minimum absolute atomic E-state index is 0.0324. The Morgan fingerprint density at radius 3 is 0.837 bits per heavy atom. The molecule has 0 aromatic rings. The van der Waals surface area contributed by atoms with Crippen LogP contribution in [0.1, 0.15) is 305 Å². The number of likely N-dealkylation sites (N-methyl/N-ethyl adjacent to an activating group) is 2. The highest BCUT2D eigenvalue weighted by molar-refractivity contribution is 5.70. The molecule has 0 spiro atoms. The maximum atomic E-state index is 10.6. The van der Waals surface area contributed by atoms with Crippen LogP contribution >= 0.6 is 0 Å². The predicted molar refractivity (Wildman–Crippen MR) is 597 cm³/mol. The van der Waals surface area contributed by atoms with Crippen molar-refractivity contribution in [1.82, 2.24) is 88.6 Å². The van der Waals surface area contributed by atoms with Gasteiger partial charge in [0.25, 0.3) is 0 Å². The van der Waals surface area contributed by atoms with Crippen molar-refractivity contribution in [2.75, 3.05) is 277 Å². The zero-order valence-corrected chi connectivity index (χ0v) is 98.9. The van der Waals surface area contributed by atoms with Gasteiger partial charge < -0.3 is 94.5 Å². The molecule has 141 heavy (non-hydrogen) atoms. The molecule has 29 nitrogen and oxygen atoms in total. The van der Waals surface area contributed by atoms with E-state index in [0.29, 0.717) is 79.7 Å². The van der Waals surface area contributed by atoms with E-state index in [9.17, 15) is 15.0 Å². The molecule has 15 aliphatic heterocycles. The molecule has 3 atom stereocenters. The summed E-state index contributed by atoms with van der Waals surface area (Å²) in [5.41, 5.74) is -0.399. The fraction of sp³-hybridized carbons (Fsp3) is 0.991. The molecule has 0 aliphatic carbocycles. The largest absolute Gasteiger partial charge is 0.481 e. The lowest BCUT2D eigenvalue weighted by Gasteiger charge is -2.46. The highest BCUT2D eigenvalue weighted by Crippen LogP contribution is 2.24. The average molecular weight is 2020 g/mol. The van der Waals surface area contributed by atoms with Crippen LogP contribution in [0.3, 0.4) is 0 Å². The van der Waals surface area contributed by atoms with E-state index >= 15 is 0 Å². The third-order valence-corrected chi connectivity index (χ3v) is 30.8. The number of nitrogens with zero attached hydrogens (tertiary/aromatic N) is 17. The second-order valence-corrected chi connectivity index (χ2v) is 47.1. The van der Waals surface area contributed by atoms with Crippen molar-refractivity contribution in [3.63, 3.8) is 0 Å². The number of carboxylic acid groups (broad SMARTS) is 1. The standard InChI is InChI=1S/C9H20N2.C9H17NO2.C9H19NO.C8H18N2.C8H17NO.C8H17N.C7H16N2.C7H15NO2.4C7H15NO.C7H15N.C6H13NO.C6H13N/c1-4-10-5-7-11(8-6-10)9(2)3;1-7(2)10-5-3-8(4-6-10)9(11)12;1-8(2)10-6-4-9(11-3)5-7-10;1-8(2)10-6-4-9(3)5-7-10;1-7(2)9-5-3-8(10)4-6-9;1-8(2)9-6-4-3-5-7-9;1-7(2)9-5-3-8-4-6-9;1-5(2)8-3-6(9)7(10)4-8;1-6(2)8-4-7(5-8)9-3;1-6(2)8-4-7(3,9)5-8;1-7(2)8-3-5-9-6-4-8;1-6(2)8-4-3-7(9)5-8;1-7(2)8-5-3-4-6-8;1-5(2)7-3-6(8)4-7;1-6(2)7-4-3-5-7/h9H,4-8H2,1-3H3;7-8H,3-6H2,1-2H3,(H,11,12);8-9H,4-7H2,1-3H3;8H,4-7H2,1-3H3;7-8,10H,3-6H2,1-2H3;8H,3-7H2,1-2H3;7-8H,3-6H2,1-2H3;5-7,9-10H,3-4H2,1-2H3;6-7H,4-5H2,1-3H3;6,9H,4-5H2,1-3H3;7H,3-6H2,1-2H3;6-7,9H,3-5H2,1-2H3;7H,3-6H2,1-2H3;5-6,8H,3-4H2,1-2H3;6H,3-5H2,1-2H3. The van der Waals surface area contributed by atoms with Gasteiger partial charge in [0.2, 0.25) is 0 Å². The predicted octanol–water partition coefficient (Wildman–Crippen LogP) is 11.9. The normalized spacial score (nSPS) is 24.6. The second-order valence-electron chi connectivity index (χ2n) is 47.1. The Bertz CT molecular complexity index is 2720. The number of piperidine rings is 4. The van der Waals surface area contributed by atoms with Crippen molar-refractivity contribution < 1.29 is 54.8 Å². The number of carbonyl (C=O) groups is 1. The van der Waals surface area contributed by atoms with E-state index in [-0.39, 0.29) is 24.2 Å². The van der Waals surface area contributed by atoms with Crippen molar-refractivity contribution in [2.45, 2.75) is 444 Å². The molecule has 3 unspecified atom stereocenters. The lowest BCUT2D eigenvalue weighted by molar-refractivity contribution is -0.143. The van der Waals surface area contributed by atoms with E-state index in [1.807, 2.05) is 14.0 Å². The number of carboxylic acids is 1. The second kappa shape index (κ2) is 77.7. The Kier molecular flexibility index (Phi) is 75.7. The molecule has 0 aromatic carbocycles. The van der Waals surface area contributed by atoms with E-state index in [1.54, 1.807) is 7.11 Å². The van der Waals surface area contributed by atoms with E-state index in [2.05, 4.69) is 310 Å². The molecule has 15 saturated heterocycles. The number of rotatable bonds is 19. The number of aliphatic hydroxyl groups is 6. The number of methoxy groups -OCH3 is 2.